The Bertz CT molecular complexity index is 1110. The molecule has 0 radical (unpaired) electrons. The highest BCUT2D eigenvalue weighted by Gasteiger charge is 2.13. The average Bonchev–Trinajstić information content (AvgIpc) is 3.14. The van der Waals surface area contributed by atoms with Crippen LogP contribution >= 0.6 is 0 Å². The van der Waals surface area contributed by atoms with Crippen molar-refractivity contribution in [3.63, 3.8) is 0 Å². The molecular formula is C19H13FN4O3. The van der Waals surface area contributed by atoms with Crippen LogP contribution in [0.1, 0.15) is 10.4 Å². The average molecular weight is 364 g/mol. The molecule has 8 heteroatoms. The zero-order chi connectivity index (χ0) is 18.8. The van der Waals surface area contributed by atoms with Crippen LogP contribution in [-0.2, 0) is 4.74 Å². The first kappa shape index (κ1) is 16.6. The number of halogens is 1. The maximum Gasteiger partial charge on any atom is 0.337 e. The summed E-state index contributed by atoms with van der Waals surface area (Å²) in [5, 5.41) is 4.89. The molecule has 0 spiro atoms. The summed E-state index contributed by atoms with van der Waals surface area (Å²) in [5.74, 6) is 0.0622. The summed E-state index contributed by atoms with van der Waals surface area (Å²) < 4.78 is 25.2. The van der Waals surface area contributed by atoms with Crippen LogP contribution in [0.3, 0.4) is 0 Å². The van der Waals surface area contributed by atoms with Gasteiger partial charge in [-0.05, 0) is 48.5 Å². The Morgan fingerprint density at radius 1 is 1.04 bits per heavy atom. The zero-order valence-corrected chi connectivity index (χ0v) is 14.2. The van der Waals surface area contributed by atoms with Gasteiger partial charge in [-0.3, -0.25) is 0 Å². The van der Waals surface area contributed by atoms with Crippen molar-refractivity contribution in [1.29, 1.82) is 0 Å². The second kappa shape index (κ2) is 6.83. The van der Waals surface area contributed by atoms with Crippen molar-refractivity contribution < 1.29 is 18.7 Å². The molecule has 0 aliphatic carbocycles. The lowest BCUT2D eigenvalue weighted by atomic mass is 10.2. The molecule has 4 aromatic rings. The van der Waals surface area contributed by atoms with Gasteiger partial charge < -0.3 is 9.47 Å². The van der Waals surface area contributed by atoms with Gasteiger partial charge in [-0.15, -0.1) is 0 Å². The zero-order valence-electron chi connectivity index (χ0n) is 14.2. The fraction of sp³-hybridized carbons (Fsp3) is 0.0526. The number of hydrogen-bond acceptors (Lipinski definition) is 6. The predicted molar refractivity (Wildman–Crippen MR) is 94.5 cm³/mol. The van der Waals surface area contributed by atoms with Gasteiger partial charge in [0.15, 0.2) is 5.65 Å². The van der Waals surface area contributed by atoms with Gasteiger partial charge in [0.05, 0.1) is 24.6 Å². The number of esters is 1. The third-order valence-electron chi connectivity index (χ3n) is 3.89. The standard InChI is InChI=1S/C19H13FN4O3/c1-26-19(25)12-2-8-15(9-3-12)27-18-16-10-23-24(17(16)21-11-22-18)14-6-4-13(20)5-7-14/h2-11H,1H3. The first-order chi connectivity index (χ1) is 13.2. The molecule has 7 nitrogen and oxygen atoms in total. The normalized spacial score (nSPS) is 10.7. The van der Waals surface area contributed by atoms with Crippen LogP contribution in [0.25, 0.3) is 16.7 Å². The number of carbonyl (C=O) groups excluding carboxylic acids is 1. The fourth-order valence-electron chi connectivity index (χ4n) is 2.56. The van der Waals surface area contributed by atoms with E-state index in [-0.39, 0.29) is 5.82 Å². The van der Waals surface area contributed by atoms with Gasteiger partial charge in [0.25, 0.3) is 0 Å². The topological polar surface area (TPSA) is 79.1 Å². The molecule has 0 saturated heterocycles. The van der Waals surface area contributed by atoms with Crippen LogP contribution in [0.15, 0.2) is 61.1 Å². The minimum absolute atomic E-state index is 0.319. The van der Waals surface area contributed by atoms with E-state index in [0.29, 0.717) is 33.9 Å². The Morgan fingerprint density at radius 3 is 2.48 bits per heavy atom. The van der Waals surface area contributed by atoms with E-state index in [1.54, 1.807) is 47.3 Å². The van der Waals surface area contributed by atoms with Crippen molar-refractivity contribution in [2.24, 2.45) is 0 Å². The lowest BCUT2D eigenvalue weighted by molar-refractivity contribution is 0.0600. The minimum atomic E-state index is -0.424. The first-order valence-electron chi connectivity index (χ1n) is 7.96. The highest BCUT2D eigenvalue weighted by atomic mass is 19.1. The molecule has 2 aromatic carbocycles. The summed E-state index contributed by atoms with van der Waals surface area (Å²) >= 11 is 0. The Kier molecular flexibility index (Phi) is 4.21. The Morgan fingerprint density at radius 2 is 1.78 bits per heavy atom. The van der Waals surface area contributed by atoms with Crippen LogP contribution in [0.5, 0.6) is 11.6 Å². The largest absolute Gasteiger partial charge is 0.465 e. The number of carbonyl (C=O) groups is 1. The molecule has 0 aliphatic rings. The van der Waals surface area contributed by atoms with Crippen molar-refractivity contribution >= 4 is 17.0 Å². The van der Waals surface area contributed by atoms with Crippen molar-refractivity contribution in [2.75, 3.05) is 7.11 Å². The van der Waals surface area contributed by atoms with Gasteiger partial charge in [0, 0.05) is 0 Å². The molecular weight excluding hydrogens is 351 g/mol. The predicted octanol–water partition coefficient (Wildman–Crippen LogP) is 3.53. The summed E-state index contributed by atoms with van der Waals surface area (Å²) in [6, 6.07) is 12.4. The summed E-state index contributed by atoms with van der Waals surface area (Å²) in [4.78, 5) is 19.9. The van der Waals surface area contributed by atoms with E-state index < -0.39 is 5.97 Å². The highest BCUT2D eigenvalue weighted by Crippen LogP contribution is 2.27. The second-order valence-corrected chi connectivity index (χ2v) is 5.57. The quantitative estimate of drug-likeness (QED) is 0.516. The fourth-order valence-corrected chi connectivity index (χ4v) is 2.56. The number of fused-ring (bicyclic) bond motifs is 1. The smallest absolute Gasteiger partial charge is 0.337 e. The number of nitrogens with zero attached hydrogens (tertiary/aromatic N) is 4. The molecule has 2 heterocycles. The van der Waals surface area contributed by atoms with Gasteiger partial charge in [0.2, 0.25) is 5.88 Å². The number of methoxy groups -OCH3 is 1. The van der Waals surface area contributed by atoms with E-state index in [9.17, 15) is 9.18 Å². The Hall–Kier alpha value is -3.81. The van der Waals surface area contributed by atoms with Gasteiger partial charge in [-0.25, -0.2) is 23.8 Å². The molecule has 134 valence electrons. The van der Waals surface area contributed by atoms with Gasteiger partial charge in [0.1, 0.15) is 23.3 Å². The van der Waals surface area contributed by atoms with Crippen molar-refractivity contribution in [3.05, 3.63) is 72.4 Å². The summed E-state index contributed by atoms with van der Waals surface area (Å²) in [6.07, 6.45) is 2.94. The second-order valence-electron chi connectivity index (χ2n) is 5.57. The summed E-state index contributed by atoms with van der Waals surface area (Å²) in [5.41, 5.74) is 1.61. The Labute approximate surface area is 153 Å². The molecule has 0 amide bonds. The molecule has 4 rings (SSSR count). The number of benzene rings is 2. The summed E-state index contributed by atoms with van der Waals surface area (Å²) in [7, 11) is 1.32. The van der Waals surface area contributed by atoms with Crippen LogP contribution in [-0.4, -0.2) is 32.8 Å². The number of hydrogen-bond donors (Lipinski definition) is 0. The van der Waals surface area contributed by atoms with E-state index >= 15 is 0 Å². The van der Waals surface area contributed by atoms with Gasteiger partial charge in [-0.1, -0.05) is 0 Å². The molecule has 0 aliphatic heterocycles. The highest BCUT2D eigenvalue weighted by molar-refractivity contribution is 5.89. The molecule has 0 bridgehead atoms. The van der Waals surface area contributed by atoms with E-state index in [0.717, 1.165) is 0 Å². The maximum absolute atomic E-state index is 13.1. The van der Waals surface area contributed by atoms with E-state index in [2.05, 4.69) is 19.8 Å². The number of ether oxygens (including phenoxy) is 2. The van der Waals surface area contributed by atoms with E-state index in [4.69, 9.17) is 4.74 Å². The number of rotatable bonds is 4. The Balaban J connectivity index is 1.67. The number of aromatic nitrogens is 4. The van der Waals surface area contributed by atoms with E-state index in [1.807, 2.05) is 0 Å². The summed E-state index contributed by atoms with van der Waals surface area (Å²) in [6.45, 7) is 0. The van der Waals surface area contributed by atoms with E-state index in [1.165, 1.54) is 25.6 Å². The lowest BCUT2D eigenvalue weighted by Crippen LogP contribution is -2.00. The third-order valence-corrected chi connectivity index (χ3v) is 3.89. The molecule has 0 fully saturated rings. The van der Waals surface area contributed by atoms with Crippen molar-refractivity contribution in [3.8, 4) is 17.3 Å². The first-order valence-corrected chi connectivity index (χ1v) is 7.96. The minimum Gasteiger partial charge on any atom is -0.465 e. The van der Waals surface area contributed by atoms with Crippen LogP contribution < -0.4 is 4.74 Å². The maximum atomic E-state index is 13.1. The van der Waals surface area contributed by atoms with Gasteiger partial charge >= 0.3 is 5.97 Å². The molecule has 0 N–H and O–H groups in total. The SMILES string of the molecule is COC(=O)c1ccc(Oc2ncnc3c2cnn3-c2ccc(F)cc2)cc1. The molecule has 0 saturated carbocycles. The lowest BCUT2D eigenvalue weighted by Gasteiger charge is -2.07. The third kappa shape index (κ3) is 3.20. The molecule has 27 heavy (non-hydrogen) atoms. The van der Waals surface area contributed by atoms with Crippen LogP contribution in [0.2, 0.25) is 0 Å². The van der Waals surface area contributed by atoms with Gasteiger partial charge in [-0.2, -0.15) is 5.10 Å². The van der Waals surface area contributed by atoms with Crippen molar-refractivity contribution in [2.45, 2.75) is 0 Å². The van der Waals surface area contributed by atoms with Crippen LogP contribution in [0.4, 0.5) is 4.39 Å². The molecule has 2 aromatic heterocycles. The monoisotopic (exact) mass is 364 g/mol. The molecule has 0 atom stereocenters. The molecule has 0 unspecified atom stereocenters. The van der Waals surface area contributed by atoms with Crippen molar-refractivity contribution in [1.82, 2.24) is 19.7 Å². The van der Waals surface area contributed by atoms with Crippen LogP contribution in [0, 0.1) is 5.82 Å².